The maximum Gasteiger partial charge on any atom is 0.258 e. The SMILES string of the molecule is CC(C(=O)Nc1ccc(Cl)cc1)c1ccc2c(c1)CCCN2C(=O)c1cccc(Cl)c1. The van der Waals surface area contributed by atoms with E-state index in [2.05, 4.69) is 5.32 Å². The van der Waals surface area contributed by atoms with E-state index in [1.165, 1.54) is 0 Å². The van der Waals surface area contributed by atoms with Gasteiger partial charge in [-0.05, 0) is 79.4 Å². The summed E-state index contributed by atoms with van der Waals surface area (Å²) in [6.07, 6.45) is 1.74. The number of hydrogen-bond acceptors (Lipinski definition) is 2. The molecule has 0 saturated heterocycles. The molecular formula is C25H22Cl2N2O2. The summed E-state index contributed by atoms with van der Waals surface area (Å²) < 4.78 is 0. The number of amides is 2. The number of nitrogens with zero attached hydrogens (tertiary/aromatic N) is 1. The fourth-order valence-electron chi connectivity index (χ4n) is 3.81. The summed E-state index contributed by atoms with van der Waals surface area (Å²) in [4.78, 5) is 27.6. The zero-order valence-electron chi connectivity index (χ0n) is 17.1. The van der Waals surface area contributed by atoms with Gasteiger partial charge in [0, 0.05) is 33.5 Å². The van der Waals surface area contributed by atoms with Crippen LogP contribution in [0.2, 0.25) is 10.0 Å². The van der Waals surface area contributed by atoms with Crippen LogP contribution in [0.15, 0.2) is 66.7 Å². The zero-order chi connectivity index (χ0) is 22.0. The van der Waals surface area contributed by atoms with E-state index in [9.17, 15) is 9.59 Å². The van der Waals surface area contributed by atoms with Crippen molar-refractivity contribution in [2.45, 2.75) is 25.7 Å². The van der Waals surface area contributed by atoms with Gasteiger partial charge in [0.15, 0.2) is 0 Å². The second kappa shape index (κ2) is 9.13. The second-order valence-electron chi connectivity index (χ2n) is 7.68. The highest BCUT2D eigenvalue weighted by atomic mass is 35.5. The Hall–Kier alpha value is -2.82. The number of fused-ring (bicyclic) bond motifs is 1. The van der Waals surface area contributed by atoms with Crippen LogP contribution in [0.4, 0.5) is 11.4 Å². The van der Waals surface area contributed by atoms with E-state index in [0.717, 1.165) is 29.7 Å². The number of halogens is 2. The summed E-state index contributed by atoms with van der Waals surface area (Å²) in [5.41, 5.74) is 4.16. The molecule has 1 N–H and O–H groups in total. The van der Waals surface area contributed by atoms with Crippen molar-refractivity contribution in [1.82, 2.24) is 0 Å². The number of benzene rings is 3. The fourth-order valence-corrected chi connectivity index (χ4v) is 4.13. The Balaban J connectivity index is 1.54. The molecule has 0 aromatic heterocycles. The first kappa shape index (κ1) is 21.4. The molecule has 0 fully saturated rings. The van der Waals surface area contributed by atoms with Gasteiger partial charge in [-0.15, -0.1) is 0 Å². The Kier molecular flexibility index (Phi) is 6.30. The lowest BCUT2D eigenvalue weighted by atomic mass is 9.93. The van der Waals surface area contributed by atoms with Gasteiger partial charge in [0.05, 0.1) is 5.92 Å². The molecule has 0 saturated carbocycles. The number of nitrogens with one attached hydrogen (secondary N) is 1. The van der Waals surface area contributed by atoms with Crippen LogP contribution < -0.4 is 10.2 Å². The lowest BCUT2D eigenvalue weighted by Crippen LogP contribution is -2.35. The second-order valence-corrected chi connectivity index (χ2v) is 8.55. The minimum atomic E-state index is -0.333. The maximum atomic E-state index is 13.1. The average Bonchev–Trinajstić information content (AvgIpc) is 2.78. The molecule has 1 aliphatic heterocycles. The Morgan fingerprint density at radius 3 is 2.48 bits per heavy atom. The van der Waals surface area contributed by atoms with Crippen LogP contribution in [0.1, 0.15) is 40.7 Å². The third-order valence-corrected chi connectivity index (χ3v) is 6.03. The van der Waals surface area contributed by atoms with E-state index < -0.39 is 0 Å². The molecule has 6 heteroatoms. The highest BCUT2D eigenvalue weighted by molar-refractivity contribution is 6.31. The van der Waals surface area contributed by atoms with Crippen LogP contribution in [0.5, 0.6) is 0 Å². The molecule has 1 aliphatic rings. The van der Waals surface area contributed by atoms with Crippen molar-refractivity contribution in [3.63, 3.8) is 0 Å². The van der Waals surface area contributed by atoms with Gasteiger partial charge in [0.25, 0.3) is 5.91 Å². The van der Waals surface area contributed by atoms with Crippen molar-refractivity contribution < 1.29 is 9.59 Å². The van der Waals surface area contributed by atoms with Crippen LogP contribution in [-0.4, -0.2) is 18.4 Å². The third kappa shape index (κ3) is 4.76. The average molecular weight is 453 g/mol. The van der Waals surface area contributed by atoms with Gasteiger partial charge < -0.3 is 10.2 Å². The smallest absolute Gasteiger partial charge is 0.258 e. The Morgan fingerprint density at radius 2 is 1.74 bits per heavy atom. The van der Waals surface area contributed by atoms with Gasteiger partial charge in [-0.2, -0.15) is 0 Å². The van der Waals surface area contributed by atoms with Crippen molar-refractivity contribution in [3.8, 4) is 0 Å². The minimum Gasteiger partial charge on any atom is -0.326 e. The lowest BCUT2D eigenvalue weighted by Gasteiger charge is -2.30. The molecule has 0 radical (unpaired) electrons. The molecule has 4 nitrogen and oxygen atoms in total. The van der Waals surface area contributed by atoms with Gasteiger partial charge >= 0.3 is 0 Å². The predicted octanol–water partition coefficient (Wildman–Crippen LogP) is 6.33. The van der Waals surface area contributed by atoms with Crippen molar-refractivity contribution in [3.05, 3.63) is 93.5 Å². The largest absolute Gasteiger partial charge is 0.326 e. The van der Waals surface area contributed by atoms with E-state index in [-0.39, 0.29) is 17.7 Å². The molecule has 0 spiro atoms. The molecular weight excluding hydrogens is 431 g/mol. The van der Waals surface area contributed by atoms with Crippen LogP contribution in [0.3, 0.4) is 0 Å². The van der Waals surface area contributed by atoms with Crippen LogP contribution in [-0.2, 0) is 11.2 Å². The number of rotatable bonds is 4. The van der Waals surface area contributed by atoms with Crippen molar-refractivity contribution in [2.75, 3.05) is 16.8 Å². The summed E-state index contributed by atoms with van der Waals surface area (Å²) in [7, 11) is 0. The molecule has 1 unspecified atom stereocenters. The van der Waals surface area contributed by atoms with E-state index in [4.69, 9.17) is 23.2 Å². The summed E-state index contributed by atoms with van der Waals surface area (Å²) in [6.45, 7) is 2.54. The van der Waals surface area contributed by atoms with E-state index in [1.807, 2.05) is 25.1 Å². The van der Waals surface area contributed by atoms with Gasteiger partial charge in [-0.25, -0.2) is 0 Å². The van der Waals surface area contributed by atoms with Gasteiger partial charge in [-0.3, -0.25) is 9.59 Å². The minimum absolute atomic E-state index is 0.0651. The summed E-state index contributed by atoms with van der Waals surface area (Å²) in [5.74, 6) is -0.491. The van der Waals surface area contributed by atoms with Crippen molar-refractivity contribution in [2.24, 2.45) is 0 Å². The molecule has 3 aromatic carbocycles. The molecule has 1 atom stereocenters. The highest BCUT2D eigenvalue weighted by Crippen LogP contribution is 2.32. The van der Waals surface area contributed by atoms with Gasteiger partial charge in [0.2, 0.25) is 5.91 Å². The summed E-state index contributed by atoms with van der Waals surface area (Å²) in [6, 6.07) is 20.0. The first-order chi connectivity index (χ1) is 14.9. The monoisotopic (exact) mass is 452 g/mol. The first-order valence-electron chi connectivity index (χ1n) is 10.2. The molecule has 1 heterocycles. The topological polar surface area (TPSA) is 49.4 Å². The molecule has 0 aliphatic carbocycles. The molecule has 3 aromatic rings. The third-order valence-electron chi connectivity index (χ3n) is 5.54. The van der Waals surface area contributed by atoms with Gasteiger partial charge in [-0.1, -0.05) is 41.4 Å². The van der Waals surface area contributed by atoms with E-state index >= 15 is 0 Å². The predicted molar refractivity (Wildman–Crippen MR) is 126 cm³/mol. The highest BCUT2D eigenvalue weighted by Gasteiger charge is 2.25. The number of carbonyl (C=O) groups is 2. The van der Waals surface area contributed by atoms with Crippen LogP contribution in [0.25, 0.3) is 0 Å². The summed E-state index contributed by atoms with van der Waals surface area (Å²) in [5, 5.41) is 4.09. The van der Waals surface area contributed by atoms with E-state index in [0.29, 0.717) is 27.8 Å². The van der Waals surface area contributed by atoms with Crippen molar-refractivity contribution in [1.29, 1.82) is 0 Å². The zero-order valence-corrected chi connectivity index (χ0v) is 18.6. The normalized spacial score (nSPS) is 14.0. The lowest BCUT2D eigenvalue weighted by molar-refractivity contribution is -0.117. The van der Waals surface area contributed by atoms with Crippen LogP contribution in [0, 0.1) is 0 Å². The van der Waals surface area contributed by atoms with Crippen LogP contribution >= 0.6 is 23.2 Å². The fraction of sp³-hybridized carbons (Fsp3) is 0.200. The molecule has 4 rings (SSSR count). The Labute approximate surface area is 191 Å². The van der Waals surface area contributed by atoms with E-state index in [1.54, 1.807) is 53.4 Å². The molecule has 2 amide bonds. The number of hydrogen-bond donors (Lipinski definition) is 1. The first-order valence-corrected chi connectivity index (χ1v) is 10.9. The molecule has 158 valence electrons. The summed E-state index contributed by atoms with van der Waals surface area (Å²) >= 11 is 12.0. The standard InChI is InChI=1S/C25H22Cl2N2O2/c1-16(24(30)28-22-10-8-20(26)9-11-22)17-7-12-23-18(14-17)5-3-13-29(23)25(31)19-4-2-6-21(27)15-19/h2,4,6-12,14-16H,3,5,13H2,1H3,(H,28,30). The number of aryl methyl sites for hydroxylation is 1. The maximum absolute atomic E-state index is 13.1. The molecule has 0 bridgehead atoms. The Bertz CT molecular complexity index is 1130. The van der Waals surface area contributed by atoms with Crippen molar-refractivity contribution >= 4 is 46.4 Å². The molecule has 31 heavy (non-hydrogen) atoms. The number of anilines is 2. The quantitative estimate of drug-likeness (QED) is 0.502. The number of carbonyl (C=O) groups excluding carboxylic acids is 2. The Morgan fingerprint density at radius 1 is 0.968 bits per heavy atom. The van der Waals surface area contributed by atoms with Gasteiger partial charge in [0.1, 0.15) is 0 Å².